The lowest BCUT2D eigenvalue weighted by Gasteiger charge is -2.11. The van der Waals surface area contributed by atoms with Crippen LogP contribution in [0.3, 0.4) is 0 Å². The third-order valence-electron chi connectivity index (χ3n) is 2.02. The van der Waals surface area contributed by atoms with Gasteiger partial charge < -0.3 is 5.32 Å². The lowest BCUT2D eigenvalue weighted by molar-refractivity contribution is 0.536. The van der Waals surface area contributed by atoms with Gasteiger partial charge >= 0.3 is 0 Å². The van der Waals surface area contributed by atoms with Crippen molar-refractivity contribution in [1.82, 2.24) is 20.1 Å². The van der Waals surface area contributed by atoms with E-state index in [1.165, 1.54) is 0 Å². The van der Waals surface area contributed by atoms with Crippen molar-refractivity contribution in [2.24, 2.45) is 0 Å². The zero-order valence-corrected chi connectivity index (χ0v) is 9.84. The summed E-state index contributed by atoms with van der Waals surface area (Å²) in [6, 6.07) is 0.520. The summed E-state index contributed by atoms with van der Waals surface area (Å²) < 4.78 is 1.92. The molecule has 0 aliphatic rings. The highest BCUT2D eigenvalue weighted by Gasteiger charge is 2.04. The highest BCUT2D eigenvalue weighted by molar-refractivity contribution is 7.98. The minimum absolute atomic E-state index is 0.520. The van der Waals surface area contributed by atoms with E-state index in [4.69, 9.17) is 0 Å². The first-order valence-corrected chi connectivity index (χ1v) is 6.26. The average Bonchev–Trinajstić information content (AvgIpc) is 2.62. The van der Waals surface area contributed by atoms with Crippen LogP contribution in [0.4, 0.5) is 0 Å². The van der Waals surface area contributed by atoms with Crippen LogP contribution in [-0.2, 0) is 13.1 Å². The van der Waals surface area contributed by atoms with Gasteiger partial charge in [-0.2, -0.15) is 16.9 Å². The Morgan fingerprint density at radius 3 is 3.07 bits per heavy atom. The Kier molecular flexibility index (Phi) is 4.97. The lowest BCUT2D eigenvalue weighted by Crippen LogP contribution is -2.29. The van der Waals surface area contributed by atoms with Gasteiger partial charge in [-0.05, 0) is 20.1 Å². The molecule has 1 unspecified atom stereocenters. The second-order valence-corrected chi connectivity index (χ2v) is 4.14. The molecule has 0 saturated heterocycles. The average molecular weight is 214 g/mol. The second kappa shape index (κ2) is 6.03. The quantitative estimate of drug-likeness (QED) is 0.771. The molecule has 0 aliphatic carbocycles. The largest absolute Gasteiger partial charge is 0.307 e. The Balaban J connectivity index is 2.37. The third-order valence-corrected chi connectivity index (χ3v) is 2.85. The predicted molar refractivity (Wildman–Crippen MR) is 60.4 cm³/mol. The number of hydrogen-bond donors (Lipinski definition) is 1. The number of thioether (sulfide) groups is 1. The van der Waals surface area contributed by atoms with Crippen molar-refractivity contribution >= 4 is 11.8 Å². The molecule has 1 heterocycles. The Morgan fingerprint density at radius 2 is 2.43 bits per heavy atom. The first-order valence-electron chi connectivity index (χ1n) is 4.87. The first kappa shape index (κ1) is 11.5. The number of aryl methyl sites for hydroxylation is 1. The van der Waals surface area contributed by atoms with Crippen LogP contribution in [0.15, 0.2) is 6.33 Å². The van der Waals surface area contributed by atoms with Crippen molar-refractivity contribution < 1.29 is 0 Å². The van der Waals surface area contributed by atoms with Gasteiger partial charge in [-0.1, -0.05) is 0 Å². The summed E-state index contributed by atoms with van der Waals surface area (Å²) >= 11 is 1.85. The smallest absolute Gasteiger partial charge is 0.140 e. The van der Waals surface area contributed by atoms with Gasteiger partial charge in [-0.3, -0.25) is 0 Å². The molecule has 1 rings (SSSR count). The molecule has 14 heavy (non-hydrogen) atoms. The van der Waals surface area contributed by atoms with Crippen molar-refractivity contribution in [2.45, 2.75) is 33.0 Å². The van der Waals surface area contributed by atoms with Crippen LogP contribution in [0.2, 0.25) is 0 Å². The maximum absolute atomic E-state index is 4.20. The Morgan fingerprint density at radius 1 is 1.64 bits per heavy atom. The molecular weight excluding hydrogens is 196 g/mol. The van der Waals surface area contributed by atoms with Crippen molar-refractivity contribution in [3.63, 3.8) is 0 Å². The monoisotopic (exact) mass is 214 g/mol. The summed E-state index contributed by atoms with van der Waals surface area (Å²) in [4.78, 5) is 4.20. The first-order chi connectivity index (χ1) is 6.77. The number of hydrogen-bond acceptors (Lipinski definition) is 4. The van der Waals surface area contributed by atoms with E-state index >= 15 is 0 Å². The van der Waals surface area contributed by atoms with Crippen LogP contribution in [0.1, 0.15) is 19.7 Å². The van der Waals surface area contributed by atoms with E-state index in [0.717, 1.165) is 24.7 Å². The van der Waals surface area contributed by atoms with Crippen molar-refractivity contribution in [1.29, 1.82) is 0 Å². The summed E-state index contributed by atoms with van der Waals surface area (Å²) in [6.07, 6.45) is 3.73. The van der Waals surface area contributed by atoms with Crippen molar-refractivity contribution in [3.8, 4) is 0 Å². The van der Waals surface area contributed by atoms with E-state index in [9.17, 15) is 0 Å². The van der Waals surface area contributed by atoms with E-state index in [0.29, 0.717) is 6.04 Å². The molecule has 5 heteroatoms. The summed E-state index contributed by atoms with van der Waals surface area (Å²) in [7, 11) is 0. The molecule has 0 spiro atoms. The van der Waals surface area contributed by atoms with Gasteiger partial charge in [0, 0.05) is 18.3 Å². The second-order valence-electron chi connectivity index (χ2n) is 3.23. The minimum atomic E-state index is 0.520. The van der Waals surface area contributed by atoms with Gasteiger partial charge in [0.1, 0.15) is 12.2 Å². The van der Waals surface area contributed by atoms with Crippen molar-refractivity contribution in [2.75, 3.05) is 12.0 Å². The Bertz CT molecular complexity index is 261. The minimum Gasteiger partial charge on any atom is -0.307 e. The Hall–Kier alpha value is -0.550. The van der Waals surface area contributed by atoms with E-state index < -0.39 is 0 Å². The number of nitrogens with one attached hydrogen (secondary N) is 1. The van der Waals surface area contributed by atoms with E-state index in [1.54, 1.807) is 6.33 Å². The molecule has 4 nitrogen and oxygen atoms in total. The number of aromatic nitrogens is 3. The SMILES string of the molecule is CCn1ncnc1CNC(C)CSC. The van der Waals surface area contributed by atoms with Gasteiger partial charge in [0.25, 0.3) is 0 Å². The maximum atomic E-state index is 4.20. The lowest BCUT2D eigenvalue weighted by atomic mass is 10.4. The van der Waals surface area contributed by atoms with Crippen LogP contribution >= 0.6 is 11.8 Å². The van der Waals surface area contributed by atoms with Crippen molar-refractivity contribution in [3.05, 3.63) is 12.2 Å². The molecule has 1 N–H and O–H groups in total. The third kappa shape index (κ3) is 3.31. The summed E-state index contributed by atoms with van der Waals surface area (Å²) in [6.45, 7) is 5.94. The molecule has 1 aromatic heterocycles. The molecule has 0 fully saturated rings. The topological polar surface area (TPSA) is 42.7 Å². The fraction of sp³-hybridized carbons (Fsp3) is 0.778. The molecular formula is C9H18N4S. The van der Waals surface area contributed by atoms with Gasteiger partial charge in [-0.15, -0.1) is 0 Å². The van der Waals surface area contributed by atoms with Gasteiger partial charge in [0.2, 0.25) is 0 Å². The summed E-state index contributed by atoms with van der Waals surface area (Å²) in [5.74, 6) is 2.14. The summed E-state index contributed by atoms with van der Waals surface area (Å²) in [5.41, 5.74) is 0. The fourth-order valence-electron chi connectivity index (χ4n) is 1.26. The maximum Gasteiger partial charge on any atom is 0.140 e. The molecule has 0 aromatic carbocycles. The number of rotatable bonds is 6. The van der Waals surface area contributed by atoms with Crippen LogP contribution in [0.25, 0.3) is 0 Å². The van der Waals surface area contributed by atoms with E-state index in [2.05, 4.69) is 35.5 Å². The summed E-state index contributed by atoms with van der Waals surface area (Å²) in [5, 5.41) is 7.54. The molecule has 1 atom stereocenters. The predicted octanol–water partition coefficient (Wildman–Crippen LogP) is 1.14. The molecule has 0 bridgehead atoms. The fourth-order valence-corrected chi connectivity index (χ4v) is 1.88. The molecule has 0 saturated carbocycles. The van der Waals surface area contributed by atoms with Crippen LogP contribution < -0.4 is 5.32 Å². The zero-order chi connectivity index (χ0) is 10.4. The van der Waals surface area contributed by atoms with E-state index in [-0.39, 0.29) is 0 Å². The van der Waals surface area contributed by atoms with E-state index in [1.807, 2.05) is 16.4 Å². The molecule has 0 aliphatic heterocycles. The highest BCUT2D eigenvalue weighted by Crippen LogP contribution is 1.98. The van der Waals surface area contributed by atoms with Gasteiger partial charge in [-0.25, -0.2) is 9.67 Å². The zero-order valence-electron chi connectivity index (χ0n) is 9.03. The number of nitrogens with zero attached hydrogens (tertiary/aromatic N) is 3. The molecule has 1 aromatic rings. The molecule has 0 radical (unpaired) electrons. The van der Waals surface area contributed by atoms with Crippen LogP contribution in [0.5, 0.6) is 0 Å². The molecule has 0 amide bonds. The molecule has 80 valence electrons. The normalized spacial score (nSPS) is 13.1. The standard InChI is InChI=1S/C9H18N4S/c1-4-13-9(11-7-12-13)5-10-8(2)6-14-3/h7-8,10H,4-6H2,1-3H3. The van der Waals surface area contributed by atoms with Gasteiger partial charge in [0.15, 0.2) is 0 Å². The highest BCUT2D eigenvalue weighted by atomic mass is 32.2. The Labute approximate surface area is 89.5 Å². The van der Waals surface area contributed by atoms with Crippen LogP contribution in [-0.4, -0.2) is 32.8 Å². The van der Waals surface area contributed by atoms with Gasteiger partial charge in [0.05, 0.1) is 6.54 Å². The van der Waals surface area contributed by atoms with Crippen LogP contribution in [0, 0.1) is 0 Å².